The Hall–Kier alpha value is -3.62. The van der Waals surface area contributed by atoms with E-state index in [1.54, 1.807) is 29.1 Å². The minimum atomic E-state index is -0.342. The summed E-state index contributed by atoms with van der Waals surface area (Å²) in [5.41, 5.74) is 3.38. The SMILES string of the molecule is Cc1c([C@@H](C)NC(=O)c2cc(-c3ccc(F)cc3)nc3ncnn23)cnn1C. The molecule has 1 N–H and O–H groups in total. The van der Waals surface area contributed by atoms with Gasteiger partial charge in [-0.3, -0.25) is 9.48 Å². The van der Waals surface area contributed by atoms with Crippen LogP contribution < -0.4 is 5.32 Å². The fourth-order valence-electron chi connectivity index (χ4n) is 3.03. The average Bonchev–Trinajstić information content (AvgIpc) is 3.28. The van der Waals surface area contributed by atoms with E-state index >= 15 is 0 Å². The first-order valence-electron chi connectivity index (χ1n) is 8.70. The van der Waals surface area contributed by atoms with Crippen LogP contribution in [0.4, 0.5) is 4.39 Å². The lowest BCUT2D eigenvalue weighted by Crippen LogP contribution is -2.29. The lowest BCUT2D eigenvalue weighted by atomic mass is 10.1. The van der Waals surface area contributed by atoms with Crippen LogP contribution in [0.2, 0.25) is 0 Å². The highest BCUT2D eigenvalue weighted by molar-refractivity contribution is 5.94. The Bertz CT molecular complexity index is 1160. The summed E-state index contributed by atoms with van der Waals surface area (Å²) in [5.74, 6) is -0.375. The Morgan fingerprint density at radius 1 is 1.21 bits per heavy atom. The summed E-state index contributed by atoms with van der Waals surface area (Å²) in [6.07, 6.45) is 3.07. The molecule has 0 spiro atoms. The van der Waals surface area contributed by atoms with Gasteiger partial charge in [0.05, 0.1) is 17.9 Å². The van der Waals surface area contributed by atoms with E-state index in [1.807, 2.05) is 20.9 Å². The van der Waals surface area contributed by atoms with Crippen LogP contribution in [-0.2, 0) is 7.05 Å². The molecule has 9 heteroatoms. The minimum absolute atomic E-state index is 0.248. The van der Waals surface area contributed by atoms with E-state index in [2.05, 4.69) is 25.5 Å². The van der Waals surface area contributed by atoms with Gasteiger partial charge < -0.3 is 5.32 Å². The summed E-state index contributed by atoms with van der Waals surface area (Å²) < 4.78 is 16.4. The van der Waals surface area contributed by atoms with Crippen LogP contribution in [0.3, 0.4) is 0 Å². The zero-order valence-electron chi connectivity index (χ0n) is 15.6. The fraction of sp³-hybridized carbons (Fsp3) is 0.211. The van der Waals surface area contributed by atoms with Crippen molar-refractivity contribution in [2.24, 2.45) is 7.05 Å². The number of nitrogens with zero attached hydrogens (tertiary/aromatic N) is 6. The van der Waals surface area contributed by atoms with Gasteiger partial charge >= 0.3 is 0 Å². The second-order valence-corrected chi connectivity index (χ2v) is 6.51. The van der Waals surface area contributed by atoms with Crippen LogP contribution in [0, 0.1) is 12.7 Å². The summed E-state index contributed by atoms with van der Waals surface area (Å²) in [5, 5.41) is 11.3. The molecule has 0 aliphatic rings. The Morgan fingerprint density at radius 3 is 2.64 bits per heavy atom. The van der Waals surface area contributed by atoms with Crippen molar-refractivity contribution in [3.63, 3.8) is 0 Å². The summed E-state index contributed by atoms with van der Waals surface area (Å²) in [6.45, 7) is 3.84. The first-order valence-corrected chi connectivity index (χ1v) is 8.70. The largest absolute Gasteiger partial charge is 0.344 e. The molecule has 0 saturated heterocycles. The number of benzene rings is 1. The molecule has 142 valence electrons. The molecule has 1 aromatic carbocycles. The number of amides is 1. The monoisotopic (exact) mass is 379 g/mol. The summed E-state index contributed by atoms with van der Waals surface area (Å²) in [6, 6.07) is 7.27. The summed E-state index contributed by atoms with van der Waals surface area (Å²) >= 11 is 0. The van der Waals surface area contributed by atoms with Crippen LogP contribution in [0.1, 0.15) is 34.7 Å². The Balaban J connectivity index is 1.70. The average molecular weight is 379 g/mol. The number of rotatable bonds is 4. The van der Waals surface area contributed by atoms with Gasteiger partial charge in [0.2, 0.25) is 0 Å². The number of aromatic nitrogens is 6. The highest BCUT2D eigenvalue weighted by Gasteiger charge is 2.20. The third kappa shape index (κ3) is 3.11. The lowest BCUT2D eigenvalue weighted by molar-refractivity contribution is 0.0932. The van der Waals surface area contributed by atoms with Crippen molar-refractivity contribution in [2.75, 3.05) is 0 Å². The highest BCUT2D eigenvalue weighted by Crippen LogP contribution is 2.21. The molecule has 0 unspecified atom stereocenters. The van der Waals surface area contributed by atoms with Crippen molar-refractivity contribution in [3.8, 4) is 11.3 Å². The maximum absolute atomic E-state index is 13.2. The molecule has 1 amide bonds. The van der Waals surface area contributed by atoms with Crippen molar-refractivity contribution >= 4 is 11.7 Å². The first-order chi connectivity index (χ1) is 13.4. The number of fused-ring (bicyclic) bond motifs is 1. The Morgan fingerprint density at radius 2 is 1.96 bits per heavy atom. The van der Waals surface area contributed by atoms with E-state index in [0.29, 0.717) is 11.3 Å². The molecule has 4 aromatic rings. The third-order valence-electron chi connectivity index (χ3n) is 4.71. The standard InChI is InChI=1S/C19H18FN7O/c1-11(15-9-22-26(3)12(15)2)24-18(28)17-8-16(13-4-6-14(20)7-5-13)25-19-21-10-23-27(17)19/h4-11H,1-3H3,(H,24,28)/t11-/m1/s1. The van der Waals surface area contributed by atoms with Gasteiger partial charge in [-0.2, -0.15) is 19.7 Å². The Kier molecular flexibility index (Phi) is 4.34. The van der Waals surface area contributed by atoms with Gasteiger partial charge in [0, 0.05) is 23.9 Å². The molecule has 0 radical (unpaired) electrons. The van der Waals surface area contributed by atoms with E-state index in [9.17, 15) is 9.18 Å². The zero-order chi connectivity index (χ0) is 19.8. The molecule has 0 bridgehead atoms. The molecule has 3 heterocycles. The highest BCUT2D eigenvalue weighted by atomic mass is 19.1. The van der Waals surface area contributed by atoms with Crippen molar-refractivity contribution in [1.29, 1.82) is 0 Å². The van der Waals surface area contributed by atoms with E-state index < -0.39 is 0 Å². The number of aryl methyl sites for hydroxylation is 1. The molecule has 3 aromatic heterocycles. The van der Waals surface area contributed by atoms with Gasteiger partial charge in [-0.25, -0.2) is 9.37 Å². The second-order valence-electron chi connectivity index (χ2n) is 6.51. The lowest BCUT2D eigenvalue weighted by Gasteiger charge is -2.14. The normalized spacial score (nSPS) is 12.3. The molecule has 28 heavy (non-hydrogen) atoms. The molecular weight excluding hydrogens is 361 g/mol. The molecule has 0 aliphatic heterocycles. The van der Waals surface area contributed by atoms with Crippen molar-refractivity contribution in [3.05, 3.63) is 65.6 Å². The molecular formula is C19H18FN7O. The van der Waals surface area contributed by atoms with Crippen LogP contribution in [0.15, 0.2) is 42.9 Å². The zero-order valence-corrected chi connectivity index (χ0v) is 15.6. The molecule has 4 rings (SSSR count). The first kappa shape index (κ1) is 17.8. The van der Waals surface area contributed by atoms with E-state index in [0.717, 1.165) is 11.3 Å². The maximum atomic E-state index is 13.2. The van der Waals surface area contributed by atoms with Crippen LogP contribution in [0.25, 0.3) is 17.0 Å². The Labute approximate surface area is 160 Å². The molecule has 1 atom stereocenters. The third-order valence-corrected chi connectivity index (χ3v) is 4.71. The van der Waals surface area contributed by atoms with E-state index in [-0.39, 0.29) is 29.2 Å². The van der Waals surface area contributed by atoms with Crippen molar-refractivity contribution in [1.82, 2.24) is 34.7 Å². The van der Waals surface area contributed by atoms with Gasteiger partial charge in [-0.05, 0) is 44.2 Å². The number of carbonyl (C=O) groups is 1. The number of hydrogen-bond donors (Lipinski definition) is 1. The van der Waals surface area contributed by atoms with Gasteiger partial charge in [0.15, 0.2) is 0 Å². The van der Waals surface area contributed by atoms with Gasteiger partial charge in [-0.15, -0.1) is 0 Å². The summed E-state index contributed by atoms with van der Waals surface area (Å²) in [4.78, 5) is 21.5. The van der Waals surface area contributed by atoms with Crippen LogP contribution in [0.5, 0.6) is 0 Å². The molecule has 0 saturated carbocycles. The predicted molar refractivity (Wildman–Crippen MR) is 100 cm³/mol. The quantitative estimate of drug-likeness (QED) is 0.588. The summed E-state index contributed by atoms with van der Waals surface area (Å²) in [7, 11) is 1.85. The molecule has 8 nitrogen and oxygen atoms in total. The maximum Gasteiger partial charge on any atom is 0.270 e. The van der Waals surface area contributed by atoms with E-state index in [1.165, 1.54) is 23.0 Å². The van der Waals surface area contributed by atoms with Gasteiger partial charge in [0.1, 0.15) is 17.8 Å². The number of hydrogen-bond acceptors (Lipinski definition) is 5. The minimum Gasteiger partial charge on any atom is -0.344 e. The number of carbonyl (C=O) groups excluding carboxylic acids is 1. The smallest absolute Gasteiger partial charge is 0.270 e. The van der Waals surface area contributed by atoms with Crippen LogP contribution >= 0.6 is 0 Å². The fourth-order valence-corrected chi connectivity index (χ4v) is 3.03. The van der Waals surface area contributed by atoms with Crippen molar-refractivity contribution in [2.45, 2.75) is 19.9 Å². The molecule has 0 fully saturated rings. The number of nitrogens with one attached hydrogen (secondary N) is 1. The molecule has 0 aliphatic carbocycles. The number of halogens is 1. The van der Waals surface area contributed by atoms with Crippen LogP contribution in [-0.4, -0.2) is 35.3 Å². The van der Waals surface area contributed by atoms with Gasteiger partial charge in [0.25, 0.3) is 11.7 Å². The predicted octanol–water partition coefficient (Wildman–Crippen LogP) is 2.46. The second kappa shape index (κ2) is 6.84. The van der Waals surface area contributed by atoms with Crippen molar-refractivity contribution < 1.29 is 9.18 Å². The van der Waals surface area contributed by atoms with E-state index in [4.69, 9.17) is 0 Å². The topological polar surface area (TPSA) is 90.0 Å². The van der Waals surface area contributed by atoms with Gasteiger partial charge in [-0.1, -0.05) is 0 Å².